The molecule has 0 saturated heterocycles. The number of benzene rings is 1. The molecule has 2 atom stereocenters. The molecule has 1 amide bonds. The number of nitrogens with zero attached hydrogens (tertiary/aromatic N) is 1. The average molecular weight is 278 g/mol. The summed E-state index contributed by atoms with van der Waals surface area (Å²) in [5, 5.41) is 9.05. The van der Waals surface area contributed by atoms with Crippen LogP contribution in [-0.2, 0) is 16.0 Å². The lowest BCUT2D eigenvalue weighted by Crippen LogP contribution is -2.49. The topological polar surface area (TPSA) is 83.6 Å². The molecule has 3 N–H and O–H groups in total. The molecule has 0 aliphatic carbocycles. The van der Waals surface area contributed by atoms with Crippen molar-refractivity contribution in [2.75, 3.05) is 7.05 Å². The molecular formula is C15H22N2O3. The Morgan fingerprint density at radius 1 is 1.30 bits per heavy atom. The number of aliphatic carboxylic acids is 1. The summed E-state index contributed by atoms with van der Waals surface area (Å²) in [7, 11) is 1.49. The standard InChI is InChI=1S/C15H22N2O3/c1-3-13(15(19)20)17(2)14(18)12(16)10-9-11-7-5-4-6-8-11/h4-8,12-13H,3,9-10,16H2,1-2H3,(H,19,20)/t12-,13?/m0/s1. The number of hydrogen-bond acceptors (Lipinski definition) is 3. The molecule has 1 aromatic carbocycles. The Hall–Kier alpha value is -1.88. The molecule has 5 heteroatoms. The lowest BCUT2D eigenvalue weighted by atomic mass is 10.0. The highest BCUT2D eigenvalue weighted by Gasteiger charge is 2.27. The fourth-order valence-electron chi connectivity index (χ4n) is 2.12. The number of likely N-dealkylation sites (N-methyl/N-ethyl adjacent to an activating group) is 1. The van der Waals surface area contributed by atoms with E-state index >= 15 is 0 Å². The minimum Gasteiger partial charge on any atom is -0.480 e. The minimum absolute atomic E-state index is 0.324. The maximum absolute atomic E-state index is 12.1. The van der Waals surface area contributed by atoms with E-state index in [4.69, 9.17) is 10.8 Å². The summed E-state index contributed by atoms with van der Waals surface area (Å²) in [6.07, 6.45) is 1.57. The molecule has 0 bridgehead atoms. The number of carbonyl (C=O) groups excluding carboxylic acids is 1. The van der Waals surface area contributed by atoms with Gasteiger partial charge in [-0.05, 0) is 24.8 Å². The molecule has 0 radical (unpaired) electrons. The molecule has 1 rings (SSSR count). The van der Waals surface area contributed by atoms with Crippen molar-refractivity contribution in [2.45, 2.75) is 38.3 Å². The van der Waals surface area contributed by atoms with Crippen molar-refractivity contribution in [3.05, 3.63) is 35.9 Å². The summed E-state index contributed by atoms with van der Waals surface area (Å²) in [6.45, 7) is 1.73. The molecular weight excluding hydrogens is 256 g/mol. The van der Waals surface area contributed by atoms with E-state index in [0.29, 0.717) is 19.3 Å². The Morgan fingerprint density at radius 2 is 1.90 bits per heavy atom. The third kappa shape index (κ3) is 4.35. The van der Waals surface area contributed by atoms with Gasteiger partial charge in [0, 0.05) is 7.05 Å². The van der Waals surface area contributed by atoms with E-state index in [-0.39, 0.29) is 5.91 Å². The van der Waals surface area contributed by atoms with Gasteiger partial charge in [0.1, 0.15) is 6.04 Å². The summed E-state index contributed by atoms with van der Waals surface area (Å²) < 4.78 is 0. The van der Waals surface area contributed by atoms with Crippen LogP contribution in [0.5, 0.6) is 0 Å². The van der Waals surface area contributed by atoms with E-state index in [1.165, 1.54) is 11.9 Å². The smallest absolute Gasteiger partial charge is 0.326 e. The first kappa shape index (κ1) is 16.2. The highest BCUT2D eigenvalue weighted by Crippen LogP contribution is 2.08. The van der Waals surface area contributed by atoms with E-state index in [2.05, 4.69) is 0 Å². The first-order valence-electron chi connectivity index (χ1n) is 6.76. The average Bonchev–Trinajstić information content (AvgIpc) is 2.45. The van der Waals surface area contributed by atoms with Gasteiger partial charge < -0.3 is 15.7 Å². The van der Waals surface area contributed by atoms with Crippen molar-refractivity contribution < 1.29 is 14.7 Å². The van der Waals surface area contributed by atoms with Crippen LogP contribution in [0.1, 0.15) is 25.3 Å². The SMILES string of the molecule is CCC(C(=O)O)N(C)C(=O)[C@@H](N)CCc1ccccc1. The van der Waals surface area contributed by atoms with Gasteiger partial charge >= 0.3 is 5.97 Å². The van der Waals surface area contributed by atoms with Crippen LogP contribution in [0.2, 0.25) is 0 Å². The Morgan fingerprint density at radius 3 is 2.40 bits per heavy atom. The fourth-order valence-corrected chi connectivity index (χ4v) is 2.12. The Labute approximate surface area is 119 Å². The van der Waals surface area contributed by atoms with Crippen molar-refractivity contribution in [1.82, 2.24) is 4.90 Å². The first-order valence-corrected chi connectivity index (χ1v) is 6.76. The summed E-state index contributed by atoms with van der Waals surface area (Å²) >= 11 is 0. The van der Waals surface area contributed by atoms with Gasteiger partial charge in [0.2, 0.25) is 5.91 Å². The summed E-state index contributed by atoms with van der Waals surface area (Å²) in [5.74, 6) is -1.33. The Bertz CT molecular complexity index is 448. The summed E-state index contributed by atoms with van der Waals surface area (Å²) in [5.41, 5.74) is 6.99. The molecule has 0 saturated carbocycles. The van der Waals surface area contributed by atoms with Gasteiger partial charge in [-0.15, -0.1) is 0 Å². The number of rotatable bonds is 7. The third-order valence-corrected chi connectivity index (χ3v) is 3.39. The zero-order chi connectivity index (χ0) is 15.1. The zero-order valence-corrected chi connectivity index (χ0v) is 12.0. The van der Waals surface area contributed by atoms with E-state index in [9.17, 15) is 9.59 Å². The molecule has 0 spiro atoms. The molecule has 1 unspecified atom stereocenters. The number of carboxylic acid groups (broad SMARTS) is 1. The molecule has 20 heavy (non-hydrogen) atoms. The quantitative estimate of drug-likeness (QED) is 0.786. The van der Waals surface area contributed by atoms with Gasteiger partial charge in [-0.25, -0.2) is 4.79 Å². The summed E-state index contributed by atoms with van der Waals surface area (Å²) in [6, 6.07) is 8.28. The highest BCUT2D eigenvalue weighted by atomic mass is 16.4. The van der Waals surface area contributed by atoms with Crippen LogP contribution >= 0.6 is 0 Å². The van der Waals surface area contributed by atoms with Crippen molar-refractivity contribution >= 4 is 11.9 Å². The predicted molar refractivity (Wildman–Crippen MR) is 77.2 cm³/mol. The second-order valence-corrected chi connectivity index (χ2v) is 4.84. The highest BCUT2D eigenvalue weighted by molar-refractivity contribution is 5.86. The molecule has 0 fully saturated rings. The molecule has 0 aromatic heterocycles. The molecule has 0 aliphatic heterocycles. The normalized spacial score (nSPS) is 13.6. The van der Waals surface area contributed by atoms with Crippen LogP contribution in [0.3, 0.4) is 0 Å². The van der Waals surface area contributed by atoms with Crippen molar-refractivity contribution in [3.63, 3.8) is 0 Å². The number of nitrogens with two attached hydrogens (primary N) is 1. The van der Waals surface area contributed by atoms with Gasteiger partial charge in [-0.3, -0.25) is 4.79 Å². The maximum Gasteiger partial charge on any atom is 0.326 e. The van der Waals surface area contributed by atoms with Crippen molar-refractivity contribution in [3.8, 4) is 0 Å². The number of carbonyl (C=O) groups is 2. The Balaban J connectivity index is 2.56. The zero-order valence-electron chi connectivity index (χ0n) is 12.0. The van der Waals surface area contributed by atoms with Crippen LogP contribution in [0.25, 0.3) is 0 Å². The van der Waals surface area contributed by atoms with E-state index in [1.807, 2.05) is 30.3 Å². The van der Waals surface area contributed by atoms with Crippen LogP contribution in [0, 0.1) is 0 Å². The number of hydrogen-bond donors (Lipinski definition) is 2. The lowest BCUT2D eigenvalue weighted by Gasteiger charge is -2.26. The first-order chi connectivity index (χ1) is 9.47. The van der Waals surface area contributed by atoms with E-state index in [0.717, 1.165) is 5.56 Å². The van der Waals surface area contributed by atoms with E-state index in [1.54, 1.807) is 6.92 Å². The summed E-state index contributed by atoms with van der Waals surface area (Å²) in [4.78, 5) is 24.4. The second-order valence-electron chi connectivity index (χ2n) is 4.84. The van der Waals surface area contributed by atoms with Gasteiger partial charge in [0.15, 0.2) is 0 Å². The van der Waals surface area contributed by atoms with Crippen molar-refractivity contribution in [2.24, 2.45) is 5.73 Å². The fraction of sp³-hybridized carbons (Fsp3) is 0.467. The molecule has 0 aliphatic rings. The minimum atomic E-state index is -1.00. The monoisotopic (exact) mass is 278 g/mol. The van der Waals surface area contributed by atoms with Gasteiger partial charge in [0.25, 0.3) is 0 Å². The lowest BCUT2D eigenvalue weighted by molar-refractivity contribution is -0.149. The van der Waals surface area contributed by atoms with Gasteiger partial charge in [-0.2, -0.15) is 0 Å². The van der Waals surface area contributed by atoms with E-state index < -0.39 is 18.1 Å². The third-order valence-electron chi connectivity index (χ3n) is 3.39. The molecule has 110 valence electrons. The Kier molecular flexibility index (Phi) is 6.18. The van der Waals surface area contributed by atoms with Crippen LogP contribution in [-0.4, -0.2) is 41.0 Å². The number of aryl methyl sites for hydroxylation is 1. The van der Waals surface area contributed by atoms with Crippen LogP contribution in [0.4, 0.5) is 0 Å². The maximum atomic E-state index is 12.1. The number of amides is 1. The number of carboxylic acids is 1. The van der Waals surface area contributed by atoms with Gasteiger partial charge in [0.05, 0.1) is 6.04 Å². The van der Waals surface area contributed by atoms with Crippen LogP contribution < -0.4 is 5.73 Å². The molecule has 0 heterocycles. The largest absolute Gasteiger partial charge is 0.480 e. The molecule has 5 nitrogen and oxygen atoms in total. The molecule has 1 aromatic rings. The second kappa shape index (κ2) is 7.65. The predicted octanol–water partition coefficient (Wildman–Crippen LogP) is 1.27. The van der Waals surface area contributed by atoms with Crippen molar-refractivity contribution in [1.29, 1.82) is 0 Å². The van der Waals surface area contributed by atoms with Gasteiger partial charge in [-0.1, -0.05) is 37.3 Å². The van der Waals surface area contributed by atoms with Crippen LogP contribution in [0.15, 0.2) is 30.3 Å².